The molecule has 2 aromatic rings. The number of nitrogens with one attached hydrogen (secondary N) is 1. The number of anilines is 1. The van der Waals surface area contributed by atoms with Crippen molar-refractivity contribution in [3.63, 3.8) is 0 Å². The normalized spacial score (nSPS) is 10.2. The van der Waals surface area contributed by atoms with Gasteiger partial charge in [0.15, 0.2) is 0 Å². The molecule has 1 heterocycles. The third-order valence-electron chi connectivity index (χ3n) is 2.41. The van der Waals surface area contributed by atoms with Gasteiger partial charge in [0.1, 0.15) is 18.0 Å². The molecule has 1 N–H and O–H groups in total. The smallest absolute Gasteiger partial charge is 0.129 e. The Balaban J connectivity index is 1.87. The Morgan fingerprint density at radius 2 is 2.12 bits per heavy atom. The average molecular weight is 231 g/mol. The lowest BCUT2D eigenvalue weighted by atomic mass is 10.1. The average Bonchev–Trinajstić information content (AvgIpc) is 2.29. The van der Waals surface area contributed by atoms with Crippen LogP contribution in [0.4, 0.5) is 10.2 Å². The first-order valence-electron chi connectivity index (χ1n) is 5.51. The van der Waals surface area contributed by atoms with Crippen LogP contribution >= 0.6 is 0 Å². The first kappa shape index (κ1) is 11.5. The maximum atomic E-state index is 12.9. The minimum Gasteiger partial charge on any atom is -0.370 e. The van der Waals surface area contributed by atoms with Gasteiger partial charge in [-0.05, 0) is 31.0 Å². The number of nitrogens with zero attached hydrogens (tertiary/aromatic N) is 2. The van der Waals surface area contributed by atoms with Gasteiger partial charge < -0.3 is 5.32 Å². The van der Waals surface area contributed by atoms with E-state index in [1.165, 1.54) is 12.4 Å². The van der Waals surface area contributed by atoms with Crippen molar-refractivity contribution in [3.8, 4) is 0 Å². The maximum absolute atomic E-state index is 12.9. The van der Waals surface area contributed by atoms with E-state index in [-0.39, 0.29) is 5.82 Å². The summed E-state index contributed by atoms with van der Waals surface area (Å²) in [4.78, 5) is 8.11. The highest BCUT2D eigenvalue weighted by atomic mass is 19.1. The Morgan fingerprint density at radius 1 is 1.24 bits per heavy atom. The Hall–Kier alpha value is -1.97. The molecule has 0 bridgehead atoms. The lowest BCUT2D eigenvalue weighted by molar-refractivity contribution is 0.625. The van der Waals surface area contributed by atoms with Crippen LogP contribution in [-0.2, 0) is 6.42 Å². The van der Waals surface area contributed by atoms with Crippen molar-refractivity contribution in [2.75, 3.05) is 11.9 Å². The highest BCUT2D eigenvalue weighted by Crippen LogP contribution is 2.06. The minimum atomic E-state index is -0.194. The fraction of sp³-hybridized carbons (Fsp3) is 0.231. The minimum absolute atomic E-state index is 0.194. The zero-order valence-corrected chi connectivity index (χ0v) is 9.65. The van der Waals surface area contributed by atoms with Crippen LogP contribution in [0, 0.1) is 12.7 Å². The third-order valence-corrected chi connectivity index (χ3v) is 2.41. The summed E-state index contributed by atoms with van der Waals surface area (Å²) in [6.07, 6.45) is 2.29. The summed E-state index contributed by atoms with van der Waals surface area (Å²) < 4.78 is 12.9. The van der Waals surface area contributed by atoms with Crippen molar-refractivity contribution in [1.29, 1.82) is 0 Å². The van der Waals surface area contributed by atoms with E-state index in [4.69, 9.17) is 0 Å². The summed E-state index contributed by atoms with van der Waals surface area (Å²) in [7, 11) is 0. The number of aryl methyl sites for hydroxylation is 1. The van der Waals surface area contributed by atoms with Crippen molar-refractivity contribution in [3.05, 3.63) is 53.7 Å². The largest absolute Gasteiger partial charge is 0.370 e. The second kappa shape index (κ2) is 5.39. The van der Waals surface area contributed by atoms with Gasteiger partial charge in [-0.25, -0.2) is 14.4 Å². The fourth-order valence-electron chi connectivity index (χ4n) is 1.58. The van der Waals surface area contributed by atoms with Crippen LogP contribution in [0.3, 0.4) is 0 Å². The third kappa shape index (κ3) is 3.52. The molecule has 88 valence electrons. The molecule has 2 rings (SSSR count). The van der Waals surface area contributed by atoms with Gasteiger partial charge in [-0.1, -0.05) is 12.1 Å². The van der Waals surface area contributed by atoms with Gasteiger partial charge in [-0.2, -0.15) is 0 Å². The highest BCUT2D eigenvalue weighted by molar-refractivity contribution is 5.34. The van der Waals surface area contributed by atoms with Gasteiger partial charge in [0, 0.05) is 18.3 Å². The molecule has 0 spiro atoms. The zero-order valence-electron chi connectivity index (χ0n) is 9.65. The van der Waals surface area contributed by atoms with Gasteiger partial charge in [0.25, 0.3) is 0 Å². The van der Waals surface area contributed by atoms with Crippen LogP contribution < -0.4 is 5.32 Å². The molecule has 1 aromatic carbocycles. The van der Waals surface area contributed by atoms with E-state index < -0.39 is 0 Å². The van der Waals surface area contributed by atoms with Crippen LogP contribution in [0.15, 0.2) is 36.7 Å². The monoisotopic (exact) mass is 231 g/mol. The van der Waals surface area contributed by atoms with Crippen LogP contribution in [0.2, 0.25) is 0 Å². The first-order chi connectivity index (χ1) is 8.24. The molecule has 4 heteroatoms. The summed E-state index contributed by atoms with van der Waals surface area (Å²) in [5.74, 6) is 0.606. The number of aromatic nitrogens is 2. The van der Waals surface area contributed by atoms with E-state index in [9.17, 15) is 4.39 Å². The standard InChI is InChI=1S/C13H14FN3/c1-10-7-13(17-9-16-10)15-6-5-11-3-2-4-12(14)8-11/h2-4,7-9H,5-6H2,1H3,(H,15,16,17). The van der Waals surface area contributed by atoms with Crippen molar-refractivity contribution in [2.45, 2.75) is 13.3 Å². The van der Waals surface area contributed by atoms with E-state index in [0.717, 1.165) is 30.0 Å². The molecule has 0 aliphatic heterocycles. The van der Waals surface area contributed by atoms with Gasteiger partial charge >= 0.3 is 0 Å². The molecule has 0 atom stereocenters. The Kier molecular flexibility index (Phi) is 3.65. The summed E-state index contributed by atoms with van der Waals surface area (Å²) in [5.41, 5.74) is 1.90. The Morgan fingerprint density at radius 3 is 2.88 bits per heavy atom. The molecule has 3 nitrogen and oxygen atoms in total. The van der Waals surface area contributed by atoms with E-state index in [1.807, 2.05) is 19.1 Å². The molecule has 0 aliphatic carbocycles. The van der Waals surface area contributed by atoms with Gasteiger partial charge in [-0.3, -0.25) is 0 Å². The number of rotatable bonds is 4. The van der Waals surface area contributed by atoms with E-state index >= 15 is 0 Å². The number of hydrogen-bond acceptors (Lipinski definition) is 3. The van der Waals surface area contributed by atoms with Crippen molar-refractivity contribution in [1.82, 2.24) is 9.97 Å². The van der Waals surface area contributed by atoms with E-state index in [0.29, 0.717) is 0 Å². The molecule has 1 aromatic heterocycles. The van der Waals surface area contributed by atoms with E-state index in [1.54, 1.807) is 12.1 Å². The van der Waals surface area contributed by atoms with Crippen LogP contribution in [0.5, 0.6) is 0 Å². The van der Waals surface area contributed by atoms with Crippen LogP contribution in [0.1, 0.15) is 11.3 Å². The summed E-state index contributed by atoms with van der Waals surface area (Å²) in [5, 5.41) is 3.18. The number of halogens is 1. The topological polar surface area (TPSA) is 37.8 Å². The van der Waals surface area contributed by atoms with Gasteiger partial charge in [0.2, 0.25) is 0 Å². The van der Waals surface area contributed by atoms with Gasteiger partial charge in [0.05, 0.1) is 0 Å². The Bertz CT molecular complexity index is 454. The zero-order chi connectivity index (χ0) is 12.1. The van der Waals surface area contributed by atoms with Crippen molar-refractivity contribution >= 4 is 5.82 Å². The fourth-order valence-corrected chi connectivity index (χ4v) is 1.58. The molecule has 0 fully saturated rings. The number of benzene rings is 1. The second-order valence-electron chi connectivity index (χ2n) is 3.85. The van der Waals surface area contributed by atoms with Crippen LogP contribution in [-0.4, -0.2) is 16.5 Å². The maximum Gasteiger partial charge on any atom is 0.129 e. The van der Waals surface area contributed by atoms with Crippen LogP contribution in [0.25, 0.3) is 0 Å². The molecule has 0 saturated heterocycles. The highest BCUT2D eigenvalue weighted by Gasteiger charge is 1.97. The molecule has 0 radical (unpaired) electrons. The molecule has 17 heavy (non-hydrogen) atoms. The van der Waals surface area contributed by atoms with E-state index in [2.05, 4.69) is 15.3 Å². The Labute approximate surface area is 99.7 Å². The SMILES string of the molecule is Cc1cc(NCCc2cccc(F)c2)ncn1. The predicted octanol–water partition coefficient (Wildman–Crippen LogP) is 2.58. The predicted molar refractivity (Wildman–Crippen MR) is 65.4 cm³/mol. The molecular weight excluding hydrogens is 217 g/mol. The summed E-state index contributed by atoms with van der Waals surface area (Å²) in [6.45, 7) is 2.64. The van der Waals surface area contributed by atoms with Crippen molar-refractivity contribution in [2.24, 2.45) is 0 Å². The molecule has 0 saturated carbocycles. The summed E-state index contributed by atoms with van der Waals surface area (Å²) >= 11 is 0. The lowest BCUT2D eigenvalue weighted by Gasteiger charge is -2.05. The van der Waals surface area contributed by atoms with Crippen molar-refractivity contribution < 1.29 is 4.39 Å². The first-order valence-corrected chi connectivity index (χ1v) is 5.51. The quantitative estimate of drug-likeness (QED) is 0.878. The second-order valence-corrected chi connectivity index (χ2v) is 3.85. The molecule has 0 unspecified atom stereocenters. The molecule has 0 aliphatic rings. The molecular formula is C13H14FN3. The molecule has 0 amide bonds. The lowest BCUT2D eigenvalue weighted by Crippen LogP contribution is -2.06. The van der Waals surface area contributed by atoms with Gasteiger partial charge in [-0.15, -0.1) is 0 Å². The number of hydrogen-bond donors (Lipinski definition) is 1. The summed E-state index contributed by atoms with van der Waals surface area (Å²) in [6, 6.07) is 8.51.